The van der Waals surface area contributed by atoms with Crippen LogP contribution in [-0.4, -0.2) is 23.8 Å². The van der Waals surface area contributed by atoms with Crippen LogP contribution in [0.1, 0.15) is 29.6 Å². The number of halogens is 2. The second-order valence-electron chi connectivity index (χ2n) is 4.56. The maximum absolute atomic E-state index is 13.9. The van der Waals surface area contributed by atoms with Crippen molar-refractivity contribution in [1.82, 2.24) is 0 Å². The molecule has 0 saturated heterocycles. The number of ether oxygens (including phenoxy) is 1. The lowest BCUT2D eigenvalue weighted by atomic mass is 9.99. The van der Waals surface area contributed by atoms with Gasteiger partial charge in [0, 0.05) is 6.42 Å². The highest BCUT2D eigenvalue weighted by Crippen LogP contribution is 2.28. The molecule has 0 radical (unpaired) electrons. The van der Waals surface area contributed by atoms with Crippen molar-refractivity contribution < 1.29 is 23.1 Å². The van der Waals surface area contributed by atoms with Gasteiger partial charge in [-0.2, -0.15) is 8.78 Å². The van der Waals surface area contributed by atoms with Gasteiger partial charge >= 0.3 is 11.9 Å². The third-order valence-corrected chi connectivity index (χ3v) is 3.06. The number of ketones is 1. The van der Waals surface area contributed by atoms with Crippen LogP contribution in [0.4, 0.5) is 8.78 Å². The third-order valence-electron chi connectivity index (χ3n) is 3.06. The fourth-order valence-corrected chi connectivity index (χ4v) is 1.92. The predicted molar refractivity (Wildman–Crippen MR) is 68.6 cm³/mol. The van der Waals surface area contributed by atoms with E-state index >= 15 is 0 Å². The zero-order chi connectivity index (χ0) is 14.6. The first-order valence-corrected chi connectivity index (χ1v) is 6.35. The summed E-state index contributed by atoms with van der Waals surface area (Å²) in [4.78, 5) is 23.2. The van der Waals surface area contributed by atoms with Crippen molar-refractivity contribution >= 4 is 11.8 Å². The Morgan fingerprint density at radius 3 is 2.65 bits per heavy atom. The van der Waals surface area contributed by atoms with Crippen LogP contribution in [0.2, 0.25) is 0 Å². The summed E-state index contributed by atoms with van der Waals surface area (Å²) >= 11 is 0. The Bertz CT molecular complexity index is 523. The van der Waals surface area contributed by atoms with Gasteiger partial charge in [-0.25, -0.2) is 4.79 Å². The van der Waals surface area contributed by atoms with E-state index in [1.165, 1.54) is 18.2 Å². The largest absolute Gasteiger partial charge is 0.448 e. The van der Waals surface area contributed by atoms with Crippen molar-refractivity contribution in [2.45, 2.75) is 31.3 Å². The molecule has 0 amide bonds. The highest BCUT2D eigenvalue weighted by Gasteiger charge is 2.48. The van der Waals surface area contributed by atoms with E-state index in [2.05, 4.69) is 0 Å². The van der Waals surface area contributed by atoms with E-state index in [0.29, 0.717) is 12.8 Å². The molecule has 106 valence electrons. The van der Waals surface area contributed by atoms with Gasteiger partial charge in [-0.3, -0.25) is 4.79 Å². The second kappa shape index (κ2) is 5.94. The highest BCUT2D eigenvalue weighted by atomic mass is 19.3. The van der Waals surface area contributed by atoms with Gasteiger partial charge in [0.1, 0.15) is 0 Å². The maximum atomic E-state index is 13.9. The number of rotatable bonds is 2. The van der Waals surface area contributed by atoms with E-state index in [-0.39, 0.29) is 12.0 Å². The zero-order valence-electron chi connectivity index (χ0n) is 10.7. The molecular weight excluding hydrogens is 266 g/mol. The number of carbonyl (C=O) groups is 2. The van der Waals surface area contributed by atoms with Crippen LogP contribution in [0.25, 0.3) is 0 Å². The minimum absolute atomic E-state index is 0.172. The molecule has 1 aliphatic rings. The Morgan fingerprint density at radius 1 is 1.25 bits per heavy atom. The first-order chi connectivity index (χ1) is 9.51. The molecule has 1 aromatic rings. The fourth-order valence-electron chi connectivity index (χ4n) is 1.92. The number of hydrogen-bond acceptors (Lipinski definition) is 3. The summed E-state index contributed by atoms with van der Waals surface area (Å²) in [6.07, 6.45) is 1.45. The number of benzene rings is 1. The lowest BCUT2D eigenvalue weighted by molar-refractivity contribution is -0.156. The summed E-state index contributed by atoms with van der Waals surface area (Å²) in [5.41, 5.74) is 0.172. The van der Waals surface area contributed by atoms with Crippen molar-refractivity contribution in [2.75, 3.05) is 0 Å². The Hall–Kier alpha value is -2.04. The van der Waals surface area contributed by atoms with Crippen molar-refractivity contribution in [3.8, 4) is 0 Å². The molecule has 3 nitrogen and oxygen atoms in total. The van der Waals surface area contributed by atoms with Crippen molar-refractivity contribution in [3.63, 3.8) is 0 Å². The number of carbonyl (C=O) groups excluding carboxylic acids is 2. The van der Waals surface area contributed by atoms with Crippen LogP contribution >= 0.6 is 0 Å². The van der Waals surface area contributed by atoms with E-state index in [1.807, 2.05) is 0 Å². The molecule has 1 aromatic carbocycles. The van der Waals surface area contributed by atoms with Gasteiger partial charge in [-0.1, -0.05) is 24.3 Å². The number of esters is 1. The summed E-state index contributed by atoms with van der Waals surface area (Å²) in [6, 6.07) is 7.84. The molecule has 0 N–H and O–H groups in total. The molecule has 1 atom stereocenters. The monoisotopic (exact) mass is 280 g/mol. The van der Waals surface area contributed by atoms with E-state index in [1.54, 1.807) is 18.2 Å². The van der Waals surface area contributed by atoms with Crippen LogP contribution in [0.15, 0.2) is 42.5 Å². The van der Waals surface area contributed by atoms with Gasteiger partial charge in [0.05, 0.1) is 5.56 Å². The predicted octanol–water partition coefficient (Wildman–Crippen LogP) is 3.16. The van der Waals surface area contributed by atoms with Crippen LogP contribution in [0.3, 0.4) is 0 Å². The second-order valence-corrected chi connectivity index (χ2v) is 4.56. The highest BCUT2D eigenvalue weighted by molar-refractivity contribution is 5.91. The van der Waals surface area contributed by atoms with Gasteiger partial charge in [0.2, 0.25) is 5.78 Å². The molecule has 1 unspecified atom stereocenters. The minimum atomic E-state index is -3.68. The number of allylic oxidation sites excluding steroid dienone is 1. The topological polar surface area (TPSA) is 43.4 Å². The summed E-state index contributed by atoms with van der Waals surface area (Å²) in [7, 11) is 0. The van der Waals surface area contributed by atoms with Crippen LogP contribution in [0.5, 0.6) is 0 Å². The summed E-state index contributed by atoms with van der Waals surface area (Å²) in [5, 5.41) is 0. The summed E-state index contributed by atoms with van der Waals surface area (Å²) in [5.74, 6) is -5.73. The number of hydrogen-bond donors (Lipinski definition) is 0. The Labute approximate surface area is 115 Å². The Balaban J connectivity index is 2.18. The normalized spacial score (nSPS) is 23.5. The average Bonchev–Trinajstić information content (AvgIpc) is 2.45. The van der Waals surface area contributed by atoms with Crippen LogP contribution < -0.4 is 0 Å². The molecule has 0 fully saturated rings. The summed E-state index contributed by atoms with van der Waals surface area (Å²) in [6.45, 7) is 0. The minimum Gasteiger partial charge on any atom is -0.448 e. The molecule has 0 spiro atoms. The first kappa shape index (κ1) is 14.4. The molecule has 2 rings (SSSR count). The SMILES string of the molecule is O=C(OC1/C=C\CCCC(=O)C1(F)F)c1ccccc1. The average molecular weight is 280 g/mol. The molecule has 20 heavy (non-hydrogen) atoms. The van der Waals surface area contributed by atoms with Gasteiger partial charge < -0.3 is 4.74 Å². The van der Waals surface area contributed by atoms with Crippen molar-refractivity contribution in [1.29, 1.82) is 0 Å². The zero-order valence-corrected chi connectivity index (χ0v) is 10.7. The number of Topliss-reactive ketones (excluding diaryl/α,β-unsaturated/α-hetero) is 1. The van der Waals surface area contributed by atoms with E-state index in [9.17, 15) is 18.4 Å². The molecule has 0 aromatic heterocycles. The Morgan fingerprint density at radius 2 is 1.95 bits per heavy atom. The molecule has 1 aliphatic carbocycles. The molecule has 5 heteroatoms. The molecular formula is C15H14F2O3. The quantitative estimate of drug-likeness (QED) is 0.617. The molecule has 0 saturated carbocycles. The molecule has 0 bridgehead atoms. The number of alkyl halides is 2. The third kappa shape index (κ3) is 3.10. The smallest absolute Gasteiger partial charge is 0.344 e. The summed E-state index contributed by atoms with van der Waals surface area (Å²) < 4.78 is 32.6. The lowest BCUT2D eigenvalue weighted by Crippen LogP contribution is -2.43. The van der Waals surface area contributed by atoms with Crippen LogP contribution in [0, 0.1) is 0 Å². The van der Waals surface area contributed by atoms with Crippen LogP contribution in [-0.2, 0) is 9.53 Å². The van der Waals surface area contributed by atoms with Gasteiger partial charge in [0.15, 0.2) is 6.10 Å². The van der Waals surface area contributed by atoms with Gasteiger partial charge in [-0.15, -0.1) is 0 Å². The fraction of sp³-hybridized carbons (Fsp3) is 0.333. The van der Waals surface area contributed by atoms with Gasteiger partial charge in [0.25, 0.3) is 0 Å². The van der Waals surface area contributed by atoms with Crippen molar-refractivity contribution in [2.24, 2.45) is 0 Å². The lowest BCUT2D eigenvalue weighted by Gasteiger charge is -2.24. The van der Waals surface area contributed by atoms with E-state index < -0.39 is 23.8 Å². The maximum Gasteiger partial charge on any atom is 0.344 e. The molecule has 0 aliphatic heterocycles. The first-order valence-electron chi connectivity index (χ1n) is 6.35. The molecule has 0 heterocycles. The standard InChI is InChI=1S/C15H14F2O3/c16-15(17)12(18)9-5-2-6-10-13(15)20-14(19)11-7-3-1-4-8-11/h1,3-4,6-8,10,13H,2,5,9H2/b10-6-. The van der Waals surface area contributed by atoms with E-state index in [0.717, 1.165) is 6.08 Å². The van der Waals surface area contributed by atoms with Gasteiger partial charge in [-0.05, 0) is 31.1 Å². The Kier molecular flexibility index (Phi) is 4.27. The van der Waals surface area contributed by atoms with Crippen molar-refractivity contribution in [3.05, 3.63) is 48.0 Å². The van der Waals surface area contributed by atoms with E-state index in [4.69, 9.17) is 4.74 Å².